The zero-order chi connectivity index (χ0) is 12.3. The molecule has 0 spiro atoms. The van der Waals surface area contributed by atoms with E-state index in [9.17, 15) is 21.6 Å². The predicted octanol–water partition coefficient (Wildman–Crippen LogP) is 1.66. The van der Waals surface area contributed by atoms with Crippen LogP contribution in [0.3, 0.4) is 0 Å². The van der Waals surface area contributed by atoms with Gasteiger partial charge in [-0.3, -0.25) is 0 Å². The first-order valence-corrected chi connectivity index (χ1v) is 5.89. The molecule has 0 amide bonds. The summed E-state index contributed by atoms with van der Waals surface area (Å²) in [4.78, 5) is 3.56. The molecule has 0 radical (unpaired) electrons. The van der Waals surface area contributed by atoms with Gasteiger partial charge in [0.2, 0.25) is 15.0 Å². The highest BCUT2D eigenvalue weighted by molar-refractivity contribution is 7.91. The van der Waals surface area contributed by atoms with E-state index in [1.54, 1.807) is 0 Å². The summed E-state index contributed by atoms with van der Waals surface area (Å²) in [6.07, 6.45) is -0.684. The molecule has 0 atom stereocenters. The van der Waals surface area contributed by atoms with E-state index in [1.165, 1.54) is 24.0 Å². The van der Waals surface area contributed by atoms with Crippen LogP contribution in [0.25, 0.3) is 0 Å². The standard InChI is InChI=1S/C8H9F3N2O2S/c1-13-4-3-12-8(13)16(14,15)5-2-6(9)7(10)11/h3-4H,2,5H2,1H3. The lowest BCUT2D eigenvalue weighted by Crippen LogP contribution is -2.12. The molecule has 0 fully saturated rings. The Balaban J connectivity index is 2.83. The molecule has 0 saturated carbocycles. The summed E-state index contributed by atoms with van der Waals surface area (Å²) < 4.78 is 60.1. The molecule has 16 heavy (non-hydrogen) atoms. The maximum absolute atomic E-state index is 12.4. The Morgan fingerprint density at radius 2 is 2.06 bits per heavy atom. The molecule has 0 aliphatic carbocycles. The fraction of sp³-hybridized carbons (Fsp3) is 0.375. The molecule has 1 aromatic rings. The van der Waals surface area contributed by atoms with E-state index in [4.69, 9.17) is 0 Å². The zero-order valence-corrected chi connectivity index (χ0v) is 9.14. The first-order chi connectivity index (χ1) is 7.34. The first kappa shape index (κ1) is 12.8. The summed E-state index contributed by atoms with van der Waals surface area (Å²) in [5.74, 6) is -2.45. The average molecular weight is 254 g/mol. The number of hydrogen-bond donors (Lipinski definition) is 0. The van der Waals surface area contributed by atoms with Crippen molar-refractivity contribution in [3.63, 3.8) is 0 Å². The van der Waals surface area contributed by atoms with Crippen LogP contribution >= 0.6 is 0 Å². The molecule has 0 aliphatic heterocycles. The van der Waals surface area contributed by atoms with Gasteiger partial charge in [0.05, 0.1) is 5.75 Å². The molecule has 0 unspecified atom stereocenters. The van der Waals surface area contributed by atoms with Crippen LogP contribution in [-0.2, 0) is 16.9 Å². The van der Waals surface area contributed by atoms with Crippen molar-refractivity contribution in [3.05, 3.63) is 24.3 Å². The largest absolute Gasteiger partial charge is 0.325 e. The fourth-order valence-corrected chi connectivity index (χ4v) is 2.41. The van der Waals surface area contributed by atoms with Crippen molar-refractivity contribution >= 4 is 9.84 Å². The van der Waals surface area contributed by atoms with Gasteiger partial charge < -0.3 is 4.57 Å². The van der Waals surface area contributed by atoms with Crippen molar-refractivity contribution in [2.45, 2.75) is 11.6 Å². The van der Waals surface area contributed by atoms with Crippen molar-refractivity contribution in [1.82, 2.24) is 9.55 Å². The van der Waals surface area contributed by atoms with Crippen molar-refractivity contribution in [2.24, 2.45) is 7.05 Å². The molecule has 1 rings (SSSR count). The van der Waals surface area contributed by atoms with E-state index in [2.05, 4.69) is 4.98 Å². The third kappa shape index (κ3) is 2.84. The van der Waals surface area contributed by atoms with Gasteiger partial charge in [0, 0.05) is 25.9 Å². The van der Waals surface area contributed by atoms with E-state index in [-0.39, 0.29) is 5.16 Å². The lowest BCUT2D eigenvalue weighted by molar-refractivity contribution is 0.373. The molecule has 4 nitrogen and oxygen atoms in total. The summed E-state index contributed by atoms with van der Waals surface area (Å²) in [7, 11) is -2.39. The van der Waals surface area contributed by atoms with E-state index >= 15 is 0 Å². The molecule has 0 aromatic carbocycles. The number of rotatable bonds is 4. The topological polar surface area (TPSA) is 52.0 Å². The van der Waals surface area contributed by atoms with Gasteiger partial charge in [-0.2, -0.15) is 8.78 Å². The van der Waals surface area contributed by atoms with Gasteiger partial charge in [0.1, 0.15) is 0 Å². The molecule has 8 heteroatoms. The maximum atomic E-state index is 12.4. The molecular formula is C8H9F3N2O2S. The zero-order valence-electron chi connectivity index (χ0n) is 8.32. The summed E-state index contributed by atoms with van der Waals surface area (Å²) in [5.41, 5.74) is 0. The highest BCUT2D eigenvalue weighted by Crippen LogP contribution is 2.16. The van der Waals surface area contributed by atoms with Gasteiger partial charge in [-0.25, -0.2) is 17.8 Å². The number of allylic oxidation sites excluding steroid dienone is 1. The van der Waals surface area contributed by atoms with Crippen LogP contribution < -0.4 is 0 Å². The Kier molecular flexibility index (Phi) is 3.74. The number of sulfone groups is 1. The smallest absolute Gasteiger partial charge is 0.301 e. The number of hydrogen-bond acceptors (Lipinski definition) is 3. The quantitative estimate of drug-likeness (QED) is 0.821. The van der Waals surface area contributed by atoms with Gasteiger partial charge >= 0.3 is 6.08 Å². The normalized spacial score (nSPS) is 11.5. The van der Waals surface area contributed by atoms with E-state index in [0.29, 0.717) is 0 Å². The van der Waals surface area contributed by atoms with Gasteiger partial charge in [-0.05, 0) is 0 Å². The summed E-state index contributed by atoms with van der Waals surface area (Å²) in [6.45, 7) is 0. The van der Waals surface area contributed by atoms with Crippen LogP contribution in [0.5, 0.6) is 0 Å². The highest BCUT2D eigenvalue weighted by Gasteiger charge is 2.20. The maximum Gasteiger partial charge on any atom is 0.301 e. The van der Waals surface area contributed by atoms with Crippen molar-refractivity contribution in [3.8, 4) is 0 Å². The minimum absolute atomic E-state index is 0.264. The number of halogens is 3. The van der Waals surface area contributed by atoms with Crippen molar-refractivity contribution in [1.29, 1.82) is 0 Å². The lowest BCUT2D eigenvalue weighted by Gasteiger charge is -2.02. The second-order valence-corrected chi connectivity index (χ2v) is 5.06. The van der Waals surface area contributed by atoms with E-state index < -0.39 is 33.9 Å². The molecule has 0 saturated heterocycles. The van der Waals surface area contributed by atoms with Crippen LogP contribution in [0.2, 0.25) is 0 Å². The Labute approximate surface area is 90.3 Å². The van der Waals surface area contributed by atoms with Gasteiger partial charge in [-0.1, -0.05) is 0 Å². The van der Waals surface area contributed by atoms with Crippen LogP contribution in [0, 0.1) is 0 Å². The Hall–Kier alpha value is -1.31. The van der Waals surface area contributed by atoms with Crippen LogP contribution in [0.1, 0.15) is 6.42 Å². The predicted molar refractivity (Wildman–Crippen MR) is 50.2 cm³/mol. The number of aryl methyl sites for hydroxylation is 1. The molecular weight excluding hydrogens is 245 g/mol. The van der Waals surface area contributed by atoms with Crippen molar-refractivity contribution < 1.29 is 21.6 Å². The highest BCUT2D eigenvalue weighted by atomic mass is 32.2. The number of aromatic nitrogens is 2. The molecule has 1 heterocycles. The number of nitrogens with zero attached hydrogens (tertiary/aromatic N) is 2. The van der Waals surface area contributed by atoms with Crippen LogP contribution in [0.15, 0.2) is 29.5 Å². The Morgan fingerprint density at radius 1 is 1.44 bits per heavy atom. The summed E-state index contributed by atoms with van der Waals surface area (Å²) >= 11 is 0. The Bertz CT molecular complexity index is 503. The molecule has 0 N–H and O–H groups in total. The van der Waals surface area contributed by atoms with E-state index in [1.807, 2.05) is 0 Å². The SMILES string of the molecule is Cn1ccnc1S(=O)(=O)CCC(F)=C(F)F. The molecule has 1 aromatic heterocycles. The van der Waals surface area contributed by atoms with Crippen molar-refractivity contribution in [2.75, 3.05) is 5.75 Å². The van der Waals surface area contributed by atoms with Crippen LogP contribution in [-0.4, -0.2) is 23.7 Å². The Morgan fingerprint density at radius 3 is 2.50 bits per heavy atom. The monoisotopic (exact) mass is 254 g/mol. The summed E-state index contributed by atoms with van der Waals surface area (Å²) in [6, 6.07) is 0. The molecule has 0 aliphatic rings. The van der Waals surface area contributed by atoms with Crippen LogP contribution in [0.4, 0.5) is 13.2 Å². The van der Waals surface area contributed by atoms with E-state index in [0.717, 1.165) is 0 Å². The molecule has 90 valence electrons. The summed E-state index contributed by atoms with van der Waals surface area (Å²) in [5, 5.41) is -0.264. The minimum Gasteiger partial charge on any atom is -0.325 e. The third-order valence-electron chi connectivity index (χ3n) is 1.85. The second kappa shape index (κ2) is 4.69. The molecule has 0 bridgehead atoms. The second-order valence-electron chi connectivity index (χ2n) is 3.05. The first-order valence-electron chi connectivity index (χ1n) is 4.24. The number of imidazole rings is 1. The van der Waals surface area contributed by atoms with Gasteiger partial charge in [0.15, 0.2) is 5.83 Å². The minimum atomic E-state index is -3.83. The average Bonchev–Trinajstić information content (AvgIpc) is 2.61. The lowest BCUT2D eigenvalue weighted by atomic mass is 10.4. The third-order valence-corrected chi connectivity index (χ3v) is 3.54. The van der Waals surface area contributed by atoms with Gasteiger partial charge in [-0.15, -0.1) is 0 Å². The fourth-order valence-electron chi connectivity index (χ4n) is 1.06. The van der Waals surface area contributed by atoms with Gasteiger partial charge in [0.25, 0.3) is 0 Å².